The van der Waals surface area contributed by atoms with E-state index in [0.29, 0.717) is 28.4 Å². The highest BCUT2D eigenvalue weighted by Gasteiger charge is 2.46. The standard InChI is InChI=1S/C30H34FN5O3/c1-18(19-8-4-3-5-9-19)39-27-13-7-12-22(28(27)31)20-10-6-11-21(14-20)36-29(25(16-32-36)30(37)38)24-15-23(24)26-17-35(2)34-33-26/h6-7,10-14,16-19,23-24,33-34H,3-5,8-9,15H2,1-2H3,(H,37,38)/t18-,23+,24+/m0/s1. The van der Waals surface area contributed by atoms with Crippen molar-refractivity contribution in [3.8, 4) is 22.6 Å². The van der Waals surface area contributed by atoms with Gasteiger partial charge < -0.3 is 15.3 Å². The Morgan fingerprint density at radius 1 is 1.15 bits per heavy atom. The Morgan fingerprint density at radius 2 is 1.95 bits per heavy atom. The van der Waals surface area contributed by atoms with Gasteiger partial charge in [0.1, 0.15) is 5.56 Å². The maximum Gasteiger partial charge on any atom is 0.339 e. The summed E-state index contributed by atoms with van der Waals surface area (Å²) in [7, 11) is 1.89. The van der Waals surface area contributed by atoms with E-state index in [1.54, 1.807) is 16.8 Å². The van der Waals surface area contributed by atoms with E-state index in [0.717, 1.165) is 25.0 Å². The summed E-state index contributed by atoms with van der Waals surface area (Å²) in [5.74, 6) is -0.516. The minimum atomic E-state index is -1.01. The van der Waals surface area contributed by atoms with Crippen LogP contribution in [0.2, 0.25) is 0 Å². The molecule has 39 heavy (non-hydrogen) atoms. The molecule has 3 N–H and O–H groups in total. The van der Waals surface area contributed by atoms with Crippen molar-refractivity contribution in [1.29, 1.82) is 0 Å². The number of hydrazine groups is 2. The van der Waals surface area contributed by atoms with Gasteiger partial charge >= 0.3 is 5.97 Å². The zero-order valence-electron chi connectivity index (χ0n) is 22.2. The van der Waals surface area contributed by atoms with Gasteiger partial charge in [0.05, 0.1) is 23.7 Å². The molecule has 2 aromatic carbocycles. The molecule has 2 aliphatic carbocycles. The smallest absolute Gasteiger partial charge is 0.339 e. The summed E-state index contributed by atoms with van der Waals surface area (Å²) in [5.41, 5.74) is 9.82. The molecule has 2 heterocycles. The molecule has 0 unspecified atom stereocenters. The number of nitrogens with one attached hydrogen (secondary N) is 2. The van der Waals surface area contributed by atoms with Crippen molar-refractivity contribution < 1.29 is 19.0 Å². The second kappa shape index (κ2) is 10.4. The molecule has 0 spiro atoms. The van der Waals surface area contributed by atoms with Gasteiger partial charge in [-0.1, -0.05) is 43.5 Å². The van der Waals surface area contributed by atoms with Gasteiger partial charge in [0, 0.05) is 36.3 Å². The number of carboxylic acids is 1. The molecule has 3 aliphatic rings. The van der Waals surface area contributed by atoms with Crippen LogP contribution in [-0.2, 0) is 0 Å². The number of benzene rings is 2. The van der Waals surface area contributed by atoms with Gasteiger partial charge in [-0.15, -0.1) is 5.53 Å². The average molecular weight is 532 g/mol. The largest absolute Gasteiger partial charge is 0.487 e. The molecule has 1 aliphatic heterocycles. The zero-order chi connectivity index (χ0) is 27.1. The molecule has 0 bridgehead atoms. The van der Waals surface area contributed by atoms with Gasteiger partial charge in [0.25, 0.3) is 0 Å². The summed E-state index contributed by atoms with van der Waals surface area (Å²) >= 11 is 0. The topological polar surface area (TPSA) is 91.7 Å². The van der Waals surface area contributed by atoms with Crippen LogP contribution in [0.15, 0.2) is 60.6 Å². The third kappa shape index (κ3) is 4.98. The highest BCUT2D eigenvalue weighted by molar-refractivity contribution is 5.89. The first-order valence-electron chi connectivity index (χ1n) is 13.7. The third-order valence-corrected chi connectivity index (χ3v) is 8.28. The van der Waals surface area contributed by atoms with Crippen LogP contribution in [0.1, 0.15) is 67.4 Å². The highest BCUT2D eigenvalue weighted by Crippen LogP contribution is 2.52. The minimum absolute atomic E-state index is 0.00375. The van der Waals surface area contributed by atoms with Crippen LogP contribution >= 0.6 is 0 Å². The number of ether oxygens (including phenoxy) is 1. The van der Waals surface area contributed by atoms with Crippen molar-refractivity contribution in [2.45, 2.75) is 57.5 Å². The van der Waals surface area contributed by atoms with Gasteiger partial charge in [-0.3, -0.25) is 5.01 Å². The van der Waals surface area contributed by atoms with Crippen molar-refractivity contribution in [3.05, 3.63) is 77.6 Å². The molecule has 3 aromatic rings. The molecular formula is C30H34FN5O3. The van der Waals surface area contributed by atoms with E-state index in [1.165, 1.54) is 25.5 Å². The van der Waals surface area contributed by atoms with E-state index in [9.17, 15) is 9.90 Å². The molecule has 8 nitrogen and oxygen atoms in total. The first-order valence-corrected chi connectivity index (χ1v) is 13.7. The number of aromatic nitrogens is 2. The Hall–Kier alpha value is -3.85. The van der Waals surface area contributed by atoms with E-state index in [-0.39, 0.29) is 35.1 Å². The summed E-state index contributed by atoms with van der Waals surface area (Å²) in [5, 5.41) is 16.2. The van der Waals surface area contributed by atoms with Gasteiger partial charge in [-0.05, 0) is 55.9 Å². The van der Waals surface area contributed by atoms with E-state index in [4.69, 9.17) is 4.74 Å². The van der Waals surface area contributed by atoms with E-state index in [1.807, 2.05) is 55.5 Å². The summed E-state index contributed by atoms with van der Waals surface area (Å²) in [6, 6.07) is 12.7. The van der Waals surface area contributed by atoms with Crippen LogP contribution in [0.5, 0.6) is 5.75 Å². The lowest BCUT2D eigenvalue weighted by Gasteiger charge is -2.28. The second-order valence-corrected chi connectivity index (χ2v) is 10.9. The number of carbonyl (C=O) groups is 1. The molecular weight excluding hydrogens is 497 g/mol. The van der Waals surface area contributed by atoms with Crippen molar-refractivity contribution in [1.82, 2.24) is 25.7 Å². The summed E-state index contributed by atoms with van der Waals surface area (Å²) in [6.45, 7) is 2.04. The van der Waals surface area contributed by atoms with Gasteiger partial charge in [0.15, 0.2) is 11.6 Å². The number of hydrogen-bond donors (Lipinski definition) is 3. The number of hydrogen-bond acceptors (Lipinski definition) is 6. The SMILES string of the molecule is C[C@H](Oc1cccc(-c2cccc(-n3ncc(C(=O)O)c3[C@@H]3C[C@H]3C3=CN(C)NN3)c2)c1F)C1CCCCC1. The first-order chi connectivity index (χ1) is 18.9. The van der Waals surface area contributed by atoms with E-state index >= 15 is 4.39 Å². The molecule has 6 rings (SSSR count). The molecule has 9 heteroatoms. The van der Waals surface area contributed by atoms with Gasteiger partial charge in [-0.2, -0.15) is 5.10 Å². The zero-order valence-corrected chi connectivity index (χ0v) is 22.2. The van der Waals surface area contributed by atoms with E-state index < -0.39 is 5.97 Å². The number of rotatable bonds is 8. The van der Waals surface area contributed by atoms with Gasteiger partial charge in [-0.25, -0.2) is 13.9 Å². The lowest BCUT2D eigenvalue weighted by molar-refractivity contribution is 0.0695. The molecule has 0 radical (unpaired) electrons. The number of allylic oxidation sites excluding steroid dienone is 1. The number of carboxylic acid groups (broad SMARTS) is 1. The maximum atomic E-state index is 15.8. The number of nitrogens with zero attached hydrogens (tertiary/aromatic N) is 3. The third-order valence-electron chi connectivity index (χ3n) is 8.28. The second-order valence-electron chi connectivity index (χ2n) is 10.9. The van der Waals surface area contributed by atoms with Crippen molar-refractivity contribution in [3.63, 3.8) is 0 Å². The molecule has 0 saturated heterocycles. The predicted molar refractivity (Wildman–Crippen MR) is 146 cm³/mol. The van der Waals surface area contributed by atoms with Crippen LogP contribution in [-0.4, -0.2) is 39.0 Å². The van der Waals surface area contributed by atoms with Crippen LogP contribution in [0.25, 0.3) is 16.8 Å². The van der Waals surface area contributed by atoms with Crippen molar-refractivity contribution in [2.24, 2.45) is 11.8 Å². The van der Waals surface area contributed by atoms with Crippen molar-refractivity contribution in [2.75, 3.05) is 7.05 Å². The summed E-state index contributed by atoms with van der Waals surface area (Å²) in [6.07, 6.45) is 10.1. The van der Waals surface area contributed by atoms with Crippen LogP contribution < -0.4 is 15.7 Å². The fourth-order valence-electron chi connectivity index (χ4n) is 6.07. The Labute approximate surface area is 227 Å². The minimum Gasteiger partial charge on any atom is -0.487 e. The average Bonchev–Trinajstić information content (AvgIpc) is 3.39. The fourth-order valence-corrected chi connectivity index (χ4v) is 6.07. The van der Waals surface area contributed by atoms with Crippen LogP contribution in [0, 0.1) is 17.7 Å². The molecule has 2 saturated carbocycles. The molecule has 1 aromatic heterocycles. The fraction of sp³-hybridized carbons (Fsp3) is 0.400. The van der Waals surface area contributed by atoms with Crippen molar-refractivity contribution >= 4 is 5.97 Å². The Balaban J connectivity index is 1.30. The molecule has 0 amide bonds. The Bertz CT molecular complexity index is 1410. The molecule has 2 fully saturated rings. The summed E-state index contributed by atoms with van der Waals surface area (Å²) < 4.78 is 23.6. The number of halogens is 1. The van der Waals surface area contributed by atoms with Crippen LogP contribution in [0.3, 0.4) is 0 Å². The monoisotopic (exact) mass is 531 g/mol. The highest BCUT2D eigenvalue weighted by atomic mass is 19.1. The summed E-state index contributed by atoms with van der Waals surface area (Å²) in [4.78, 5) is 12.1. The van der Waals surface area contributed by atoms with E-state index in [2.05, 4.69) is 16.1 Å². The molecule has 3 atom stereocenters. The molecule has 204 valence electrons. The van der Waals surface area contributed by atoms with Gasteiger partial charge in [0.2, 0.25) is 0 Å². The van der Waals surface area contributed by atoms with Crippen LogP contribution in [0.4, 0.5) is 4.39 Å². The predicted octanol–water partition coefficient (Wildman–Crippen LogP) is 5.62. The first kappa shape index (κ1) is 25.4. The maximum absolute atomic E-state index is 15.8. The Kier molecular flexibility index (Phi) is 6.76. The quantitative estimate of drug-likeness (QED) is 0.347. The normalized spacial score (nSPS) is 21.8. The Morgan fingerprint density at radius 3 is 2.69 bits per heavy atom. The lowest BCUT2D eigenvalue weighted by atomic mass is 9.86. The number of aromatic carboxylic acids is 1. The lowest BCUT2D eigenvalue weighted by Crippen LogP contribution is -2.33.